The first-order valence-corrected chi connectivity index (χ1v) is 7.97. The minimum absolute atomic E-state index is 0.000293. The van der Waals surface area contributed by atoms with Crippen LogP contribution in [-0.2, 0) is 22.1 Å². The average Bonchev–Trinajstić information content (AvgIpc) is 2.96. The summed E-state index contributed by atoms with van der Waals surface area (Å²) in [5.41, 5.74) is 0.0664. The first-order chi connectivity index (χ1) is 10.9. The maximum Gasteiger partial charge on any atom is 0.418 e. The quantitative estimate of drug-likeness (QED) is 0.898. The summed E-state index contributed by atoms with van der Waals surface area (Å²) in [7, 11) is 0. The molecule has 2 heterocycles. The van der Waals surface area contributed by atoms with Crippen LogP contribution in [0.2, 0.25) is 0 Å². The van der Waals surface area contributed by atoms with E-state index in [0.717, 1.165) is 22.9 Å². The molecule has 23 heavy (non-hydrogen) atoms. The summed E-state index contributed by atoms with van der Waals surface area (Å²) in [6, 6.07) is 6.94. The van der Waals surface area contributed by atoms with E-state index in [1.54, 1.807) is 0 Å². The lowest BCUT2D eigenvalue weighted by Gasteiger charge is -2.23. The molecule has 1 N–H and O–H groups in total. The molecule has 1 aromatic carbocycles. The molecule has 3 rings (SSSR count). The smallest absolute Gasteiger partial charge is 0.372 e. The van der Waals surface area contributed by atoms with Crippen molar-refractivity contribution in [2.75, 3.05) is 11.9 Å². The second kappa shape index (κ2) is 6.33. The molecule has 0 aliphatic carbocycles. The molecule has 1 aliphatic rings. The molecule has 0 fully saturated rings. The Balaban J connectivity index is 1.72. The SMILES string of the molecule is O=C(CC1OCCc2ccsc21)Nc1ccccc1C(F)(F)F. The second-order valence-electron chi connectivity index (χ2n) is 5.22. The summed E-state index contributed by atoms with van der Waals surface area (Å²) in [6.45, 7) is 0.515. The highest BCUT2D eigenvalue weighted by Gasteiger charge is 2.34. The summed E-state index contributed by atoms with van der Waals surface area (Å²) in [4.78, 5) is 13.1. The van der Waals surface area contributed by atoms with E-state index in [1.807, 2.05) is 11.4 Å². The third-order valence-corrected chi connectivity index (χ3v) is 4.69. The van der Waals surface area contributed by atoms with Crippen molar-refractivity contribution in [1.29, 1.82) is 0 Å². The Hall–Kier alpha value is -1.86. The van der Waals surface area contributed by atoms with Gasteiger partial charge in [0.25, 0.3) is 0 Å². The predicted molar refractivity (Wildman–Crippen MR) is 81.4 cm³/mol. The zero-order chi connectivity index (χ0) is 16.4. The van der Waals surface area contributed by atoms with Crippen LogP contribution in [0, 0.1) is 0 Å². The maximum atomic E-state index is 12.9. The van der Waals surface area contributed by atoms with Gasteiger partial charge in [-0.25, -0.2) is 0 Å². The number of hydrogen-bond donors (Lipinski definition) is 1. The van der Waals surface area contributed by atoms with Gasteiger partial charge >= 0.3 is 6.18 Å². The maximum absolute atomic E-state index is 12.9. The van der Waals surface area contributed by atoms with Gasteiger partial charge in [-0.3, -0.25) is 4.79 Å². The Morgan fingerprint density at radius 3 is 2.87 bits per heavy atom. The highest BCUT2D eigenvalue weighted by Crippen LogP contribution is 2.36. The van der Waals surface area contributed by atoms with Crippen molar-refractivity contribution >= 4 is 22.9 Å². The molecule has 0 bridgehead atoms. The van der Waals surface area contributed by atoms with Crippen LogP contribution in [0.25, 0.3) is 0 Å². The molecule has 1 amide bonds. The van der Waals surface area contributed by atoms with Crippen LogP contribution < -0.4 is 5.32 Å². The minimum Gasteiger partial charge on any atom is -0.372 e. The molecule has 1 aliphatic heterocycles. The Labute approximate surface area is 135 Å². The monoisotopic (exact) mass is 341 g/mol. The van der Waals surface area contributed by atoms with E-state index in [2.05, 4.69) is 5.32 Å². The molecule has 0 spiro atoms. The number of alkyl halides is 3. The number of ether oxygens (including phenoxy) is 1. The van der Waals surface area contributed by atoms with E-state index in [0.29, 0.717) is 6.61 Å². The number of hydrogen-bond acceptors (Lipinski definition) is 3. The molecule has 1 atom stereocenters. The van der Waals surface area contributed by atoms with Gasteiger partial charge in [0, 0.05) is 4.88 Å². The number of thiophene rings is 1. The first kappa shape index (κ1) is 16.0. The summed E-state index contributed by atoms with van der Waals surface area (Å²) in [5, 5.41) is 4.29. The molecule has 1 aromatic heterocycles. The van der Waals surface area contributed by atoms with Gasteiger partial charge in [-0.05, 0) is 35.6 Å². The van der Waals surface area contributed by atoms with E-state index in [9.17, 15) is 18.0 Å². The Morgan fingerprint density at radius 2 is 2.09 bits per heavy atom. The standard InChI is InChI=1S/C16H14F3NO2S/c17-16(18,19)11-3-1-2-4-12(11)20-14(21)9-13-15-10(5-7-22-13)6-8-23-15/h1-4,6,8,13H,5,7,9H2,(H,20,21). The van der Waals surface area contributed by atoms with Crippen molar-refractivity contribution in [3.05, 3.63) is 51.7 Å². The number of halogens is 3. The normalized spacial score (nSPS) is 17.6. The van der Waals surface area contributed by atoms with E-state index in [1.165, 1.54) is 29.5 Å². The predicted octanol–water partition coefficient (Wildman–Crippen LogP) is 4.41. The number of carbonyl (C=O) groups excluding carboxylic acids is 1. The van der Waals surface area contributed by atoms with E-state index < -0.39 is 23.8 Å². The number of para-hydroxylation sites is 1. The van der Waals surface area contributed by atoms with Crippen molar-refractivity contribution in [1.82, 2.24) is 0 Å². The third-order valence-electron chi connectivity index (χ3n) is 3.64. The summed E-state index contributed by atoms with van der Waals surface area (Å²) >= 11 is 1.50. The molecule has 2 aromatic rings. The van der Waals surface area contributed by atoms with Crippen LogP contribution in [0.4, 0.5) is 18.9 Å². The lowest BCUT2D eigenvalue weighted by molar-refractivity contribution is -0.137. The van der Waals surface area contributed by atoms with Gasteiger partial charge in [-0.1, -0.05) is 12.1 Å². The lowest BCUT2D eigenvalue weighted by Crippen LogP contribution is -2.22. The highest BCUT2D eigenvalue weighted by atomic mass is 32.1. The zero-order valence-corrected chi connectivity index (χ0v) is 12.8. The zero-order valence-electron chi connectivity index (χ0n) is 12.0. The minimum atomic E-state index is -4.51. The number of nitrogens with one attached hydrogen (secondary N) is 1. The van der Waals surface area contributed by atoms with E-state index >= 15 is 0 Å². The van der Waals surface area contributed by atoms with E-state index in [4.69, 9.17) is 4.74 Å². The number of amides is 1. The molecule has 0 radical (unpaired) electrons. The molecule has 0 saturated heterocycles. The Kier molecular flexibility index (Phi) is 4.41. The summed E-state index contributed by atoms with van der Waals surface area (Å²) < 4.78 is 44.4. The molecule has 3 nitrogen and oxygen atoms in total. The number of benzene rings is 1. The van der Waals surface area contributed by atoms with Crippen LogP contribution in [-0.4, -0.2) is 12.5 Å². The van der Waals surface area contributed by atoms with Crippen LogP contribution in [0.3, 0.4) is 0 Å². The number of fused-ring (bicyclic) bond motifs is 1. The number of carbonyl (C=O) groups is 1. The fraction of sp³-hybridized carbons (Fsp3) is 0.312. The Bertz CT molecular complexity index is 711. The van der Waals surface area contributed by atoms with Crippen molar-refractivity contribution < 1.29 is 22.7 Å². The number of rotatable bonds is 3. The van der Waals surface area contributed by atoms with Crippen LogP contribution in [0.1, 0.15) is 28.5 Å². The fourth-order valence-corrected chi connectivity index (χ4v) is 3.59. The van der Waals surface area contributed by atoms with Gasteiger partial charge in [0.15, 0.2) is 0 Å². The highest BCUT2D eigenvalue weighted by molar-refractivity contribution is 7.10. The summed E-state index contributed by atoms with van der Waals surface area (Å²) in [5.74, 6) is -0.493. The molecule has 1 unspecified atom stereocenters. The average molecular weight is 341 g/mol. The molecular weight excluding hydrogens is 327 g/mol. The topological polar surface area (TPSA) is 38.3 Å². The van der Waals surface area contributed by atoms with Crippen LogP contribution in [0.15, 0.2) is 35.7 Å². The van der Waals surface area contributed by atoms with Crippen molar-refractivity contribution in [2.45, 2.75) is 25.1 Å². The fourth-order valence-electron chi connectivity index (χ4n) is 2.58. The van der Waals surface area contributed by atoms with Crippen molar-refractivity contribution in [2.24, 2.45) is 0 Å². The largest absolute Gasteiger partial charge is 0.418 e. The van der Waals surface area contributed by atoms with Gasteiger partial charge in [0.05, 0.1) is 24.3 Å². The molecule has 122 valence electrons. The second-order valence-corrected chi connectivity index (χ2v) is 6.16. The van der Waals surface area contributed by atoms with Gasteiger partial charge in [-0.15, -0.1) is 11.3 Å². The lowest BCUT2D eigenvalue weighted by atomic mass is 10.1. The van der Waals surface area contributed by atoms with Gasteiger partial charge in [0.1, 0.15) is 6.10 Å². The third kappa shape index (κ3) is 3.56. The summed E-state index contributed by atoms with van der Waals surface area (Å²) in [6.07, 6.45) is -4.10. The van der Waals surface area contributed by atoms with Crippen molar-refractivity contribution in [3.8, 4) is 0 Å². The van der Waals surface area contributed by atoms with Gasteiger partial charge in [-0.2, -0.15) is 13.2 Å². The molecule has 0 saturated carbocycles. The van der Waals surface area contributed by atoms with E-state index in [-0.39, 0.29) is 12.1 Å². The van der Waals surface area contributed by atoms with Crippen LogP contribution >= 0.6 is 11.3 Å². The van der Waals surface area contributed by atoms with Crippen LogP contribution in [0.5, 0.6) is 0 Å². The van der Waals surface area contributed by atoms with Crippen molar-refractivity contribution in [3.63, 3.8) is 0 Å². The molecule has 7 heteroatoms. The Morgan fingerprint density at radius 1 is 1.30 bits per heavy atom. The molecular formula is C16H14F3NO2S. The first-order valence-electron chi connectivity index (χ1n) is 7.09. The van der Waals surface area contributed by atoms with Gasteiger partial charge in [0.2, 0.25) is 5.91 Å². The number of anilines is 1. The van der Waals surface area contributed by atoms with Gasteiger partial charge < -0.3 is 10.1 Å².